The summed E-state index contributed by atoms with van der Waals surface area (Å²) in [4.78, 5) is 19.0. The number of carbonyl (C=O) groups is 1. The van der Waals surface area contributed by atoms with Gasteiger partial charge in [0.1, 0.15) is 5.75 Å². The number of H-pyrrole nitrogens is 1. The first-order valence-electron chi connectivity index (χ1n) is 11.1. The molecule has 0 spiro atoms. The summed E-state index contributed by atoms with van der Waals surface area (Å²) in [5.41, 5.74) is 6.59. The molecule has 5 nitrogen and oxygen atoms in total. The molecule has 2 heterocycles. The van der Waals surface area contributed by atoms with Crippen molar-refractivity contribution in [3.05, 3.63) is 95.2 Å². The van der Waals surface area contributed by atoms with Crippen LogP contribution in [0.15, 0.2) is 72.8 Å². The summed E-state index contributed by atoms with van der Waals surface area (Å²) in [6, 6.07) is 24.1. The van der Waals surface area contributed by atoms with Crippen molar-refractivity contribution in [3.8, 4) is 5.75 Å². The second-order valence-electron chi connectivity index (χ2n) is 8.16. The molecule has 5 rings (SSSR count). The van der Waals surface area contributed by atoms with E-state index in [-0.39, 0.29) is 12.1 Å². The fraction of sp³-hybridized carbons (Fsp3) is 0.222. The third-order valence-electron chi connectivity index (χ3n) is 6.34. The molecule has 1 aliphatic rings. The molecule has 2 N–H and O–H groups in total. The standard InChI is InChI=1S/C27H27N3O2/c1-3-18-8-12-20(13-9-18)28-27(31)30-17-16-23-22-6-4-5-7-24(22)29-25(23)26(30)19-10-14-21(32-2)15-11-19/h4-15,26,29H,3,16-17H2,1-2H3,(H,28,31)/t26-/m0/s1. The van der Waals surface area contributed by atoms with Crippen molar-refractivity contribution in [1.82, 2.24) is 9.88 Å². The predicted molar refractivity (Wildman–Crippen MR) is 128 cm³/mol. The van der Waals surface area contributed by atoms with Gasteiger partial charge in [0.25, 0.3) is 0 Å². The molecule has 5 heteroatoms. The van der Waals surface area contributed by atoms with Crippen LogP contribution in [0.4, 0.5) is 10.5 Å². The van der Waals surface area contributed by atoms with Gasteiger partial charge in [0, 0.05) is 28.8 Å². The molecule has 0 fully saturated rings. The van der Waals surface area contributed by atoms with E-state index >= 15 is 0 Å². The van der Waals surface area contributed by atoms with Crippen LogP contribution in [0, 0.1) is 0 Å². The number of para-hydroxylation sites is 1. The van der Waals surface area contributed by atoms with Gasteiger partial charge in [-0.2, -0.15) is 0 Å². The minimum Gasteiger partial charge on any atom is -0.497 e. The number of amides is 2. The molecule has 1 aliphatic heterocycles. The number of methoxy groups -OCH3 is 1. The summed E-state index contributed by atoms with van der Waals surface area (Å²) in [6.45, 7) is 2.77. The molecule has 2 amide bonds. The number of fused-ring (bicyclic) bond motifs is 3. The van der Waals surface area contributed by atoms with Crippen molar-refractivity contribution in [2.75, 3.05) is 19.0 Å². The number of hydrogen-bond acceptors (Lipinski definition) is 2. The first-order chi connectivity index (χ1) is 15.7. The SMILES string of the molecule is CCc1ccc(NC(=O)N2CCc3c([nH]c4ccccc34)[C@@H]2c2ccc(OC)cc2)cc1. The number of benzene rings is 3. The number of nitrogens with zero attached hydrogens (tertiary/aromatic N) is 1. The predicted octanol–water partition coefficient (Wildman–Crippen LogP) is 5.92. The summed E-state index contributed by atoms with van der Waals surface area (Å²) in [6.07, 6.45) is 1.79. The van der Waals surface area contributed by atoms with E-state index in [1.165, 1.54) is 16.5 Å². The Morgan fingerprint density at radius 3 is 2.53 bits per heavy atom. The maximum absolute atomic E-state index is 13.4. The number of aryl methyl sites for hydroxylation is 1. The van der Waals surface area contributed by atoms with Crippen LogP contribution in [0.2, 0.25) is 0 Å². The van der Waals surface area contributed by atoms with E-state index in [9.17, 15) is 4.79 Å². The van der Waals surface area contributed by atoms with Crippen LogP contribution in [0.5, 0.6) is 5.75 Å². The molecule has 0 aliphatic carbocycles. The van der Waals surface area contributed by atoms with E-state index < -0.39 is 0 Å². The van der Waals surface area contributed by atoms with Crippen molar-refractivity contribution in [3.63, 3.8) is 0 Å². The Morgan fingerprint density at radius 2 is 1.81 bits per heavy atom. The quantitative estimate of drug-likeness (QED) is 0.426. The molecular formula is C27H27N3O2. The Bertz CT molecular complexity index is 1240. The Hall–Kier alpha value is -3.73. The number of nitrogens with one attached hydrogen (secondary N) is 2. The molecule has 0 saturated heterocycles. The fourth-order valence-corrected chi connectivity index (χ4v) is 4.61. The lowest BCUT2D eigenvalue weighted by atomic mass is 9.92. The molecule has 0 unspecified atom stereocenters. The minimum absolute atomic E-state index is 0.0978. The highest BCUT2D eigenvalue weighted by atomic mass is 16.5. The molecule has 4 aromatic rings. The van der Waals surface area contributed by atoms with Crippen LogP contribution in [-0.2, 0) is 12.8 Å². The summed E-state index contributed by atoms with van der Waals surface area (Å²) in [5, 5.41) is 4.33. The lowest BCUT2D eigenvalue weighted by Crippen LogP contribution is -2.43. The number of carbonyl (C=O) groups excluding carboxylic acids is 1. The summed E-state index contributed by atoms with van der Waals surface area (Å²) >= 11 is 0. The third kappa shape index (κ3) is 3.60. The first-order valence-corrected chi connectivity index (χ1v) is 11.1. The average Bonchev–Trinajstić information content (AvgIpc) is 3.23. The smallest absolute Gasteiger partial charge is 0.322 e. The molecule has 162 valence electrons. The lowest BCUT2D eigenvalue weighted by Gasteiger charge is -2.36. The van der Waals surface area contributed by atoms with Crippen molar-refractivity contribution in [2.24, 2.45) is 0 Å². The Balaban J connectivity index is 1.53. The molecule has 0 saturated carbocycles. The molecule has 1 aromatic heterocycles. The number of urea groups is 1. The van der Waals surface area contributed by atoms with Crippen molar-refractivity contribution < 1.29 is 9.53 Å². The highest BCUT2D eigenvalue weighted by Gasteiger charge is 2.34. The van der Waals surface area contributed by atoms with Gasteiger partial charge in [-0.15, -0.1) is 0 Å². The van der Waals surface area contributed by atoms with Crippen LogP contribution >= 0.6 is 0 Å². The number of ether oxygens (including phenoxy) is 1. The molecule has 1 atom stereocenters. The van der Waals surface area contributed by atoms with Gasteiger partial charge in [0.05, 0.1) is 13.2 Å². The van der Waals surface area contributed by atoms with Gasteiger partial charge in [0.15, 0.2) is 0 Å². The van der Waals surface area contributed by atoms with Gasteiger partial charge in [-0.3, -0.25) is 0 Å². The second kappa shape index (κ2) is 8.42. The van der Waals surface area contributed by atoms with Crippen molar-refractivity contribution >= 4 is 22.6 Å². The van der Waals surface area contributed by atoms with Crippen LogP contribution in [-0.4, -0.2) is 29.6 Å². The third-order valence-corrected chi connectivity index (χ3v) is 6.34. The number of aromatic nitrogens is 1. The van der Waals surface area contributed by atoms with Gasteiger partial charge in [-0.05, 0) is 59.9 Å². The highest BCUT2D eigenvalue weighted by Crippen LogP contribution is 2.39. The number of aromatic amines is 1. The monoisotopic (exact) mass is 425 g/mol. The second-order valence-corrected chi connectivity index (χ2v) is 8.16. The Labute approximate surface area is 188 Å². The number of rotatable bonds is 4. The largest absolute Gasteiger partial charge is 0.497 e. The van der Waals surface area contributed by atoms with Gasteiger partial charge in [0.2, 0.25) is 0 Å². The van der Waals surface area contributed by atoms with Crippen LogP contribution < -0.4 is 10.1 Å². The van der Waals surface area contributed by atoms with E-state index in [0.717, 1.165) is 41.1 Å². The summed E-state index contributed by atoms with van der Waals surface area (Å²) in [5.74, 6) is 0.799. The maximum Gasteiger partial charge on any atom is 0.322 e. The van der Waals surface area contributed by atoms with Crippen LogP contribution in [0.1, 0.15) is 35.3 Å². The van der Waals surface area contributed by atoms with Gasteiger partial charge in [-0.25, -0.2) is 4.79 Å². The zero-order chi connectivity index (χ0) is 22.1. The molecule has 3 aromatic carbocycles. The topological polar surface area (TPSA) is 57.4 Å². The summed E-state index contributed by atoms with van der Waals surface area (Å²) in [7, 11) is 1.66. The lowest BCUT2D eigenvalue weighted by molar-refractivity contribution is 0.193. The maximum atomic E-state index is 13.4. The molecule has 0 bridgehead atoms. The van der Waals surface area contributed by atoms with Gasteiger partial charge in [-0.1, -0.05) is 49.4 Å². The Morgan fingerprint density at radius 1 is 1.06 bits per heavy atom. The van der Waals surface area contributed by atoms with Crippen LogP contribution in [0.3, 0.4) is 0 Å². The van der Waals surface area contributed by atoms with E-state index in [1.54, 1.807) is 7.11 Å². The van der Waals surface area contributed by atoms with Crippen LogP contribution in [0.25, 0.3) is 10.9 Å². The zero-order valence-corrected chi connectivity index (χ0v) is 18.4. The van der Waals surface area contributed by atoms with Crippen molar-refractivity contribution in [2.45, 2.75) is 25.8 Å². The number of anilines is 1. The van der Waals surface area contributed by atoms with Gasteiger partial charge < -0.3 is 19.9 Å². The normalized spacial score (nSPS) is 15.4. The van der Waals surface area contributed by atoms with Gasteiger partial charge >= 0.3 is 6.03 Å². The summed E-state index contributed by atoms with van der Waals surface area (Å²) < 4.78 is 5.35. The van der Waals surface area contributed by atoms with Crippen molar-refractivity contribution in [1.29, 1.82) is 0 Å². The minimum atomic E-state index is -0.202. The zero-order valence-electron chi connectivity index (χ0n) is 18.4. The van der Waals surface area contributed by atoms with E-state index in [4.69, 9.17) is 4.74 Å². The molecular weight excluding hydrogens is 398 g/mol. The van der Waals surface area contributed by atoms with E-state index in [0.29, 0.717) is 6.54 Å². The average molecular weight is 426 g/mol. The Kier molecular flexibility index (Phi) is 5.31. The molecule has 32 heavy (non-hydrogen) atoms. The van der Waals surface area contributed by atoms with E-state index in [2.05, 4.69) is 47.6 Å². The molecule has 0 radical (unpaired) electrons. The fourth-order valence-electron chi connectivity index (χ4n) is 4.61. The van der Waals surface area contributed by atoms with E-state index in [1.807, 2.05) is 47.4 Å². The highest BCUT2D eigenvalue weighted by molar-refractivity contribution is 5.91. The number of hydrogen-bond donors (Lipinski definition) is 2. The first kappa shape index (κ1) is 20.2.